The Hall–Kier alpha value is -1.52. The predicted octanol–water partition coefficient (Wildman–Crippen LogP) is 2.79. The Kier molecular flexibility index (Phi) is 3.44. The maximum absolute atomic E-state index is 11.8. The number of nitrogens with zero attached hydrogens (tertiary/aromatic N) is 1. The van der Waals surface area contributed by atoms with E-state index in [1.165, 1.54) is 0 Å². The second kappa shape index (κ2) is 5.23. The van der Waals surface area contributed by atoms with Crippen LogP contribution in [0, 0.1) is 5.92 Å². The van der Waals surface area contributed by atoms with Crippen molar-refractivity contribution in [2.45, 2.75) is 25.8 Å². The highest BCUT2D eigenvalue weighted by Crippen LogP contribution is 2.31. The number of nitrogens with two attached hydrogens (primary N) is 1. The van der Waals surface area contributed by atoms with Crippen molar-refractivity contribution in [3.05, 3.63) is 40.2 Å². The van der Waals surface area contributed by atoms with Crippen molar-refractivity contribution in [1.82, 2.24) is 4.98 Å². The number of carbonyl (C=O) groups excluding carboxylic acids is 1. The summed E-state index contributed by atoms with van der Waals surface area (Å²) in [6.45, 7) is 0.554. The molecule has 0 aliphatic heterocycles. The second-order valence-corrected chi connectivity index (χ2v) is 5.89. The van der Waals surface area contributed by atoms with E-state index in [1.54, 1.807) is 11.3 Å². The molecule has 0 atom stereocenters. The van der Waals surface area contributed by atoms with Crippen molar-refractivity contribution in [2.75, 3.05) is 0 Å². The van der Waals surface area contributed by atoms with Gasteiger partial charge in [-0.1, -0.05) is 24.3 Å². The first kappa shape index (κ1) is 12.5. The summed E-state index contributed by atoms with van der Waals surface area (Å²) >= 11 is 1.57. The fourth-order valence-electron chi connectivity index (χ4n) is 2.03. The van der Waals surface area contributed by atoms with Gasteiger partial charge in [0.15, 0.2) is 0 Å². The molecular weight excluding hydrogens is 256 g/mol. The van der Waals surface area contributed by atoms with Crippen LogP contribution in [0.15, 0.2) is 29.6 Å². The number of hydrogen-bond acceptors (Lipinski definition) is 4. The monoisotopic (exact) mass is 272 g/mol. The van der Waals surface area contributed by atoms with Gasteiger partial charge in [-0.25, -0.2) is 4.98 Å². The number of Topliss-reactive ketones (excluding diaryl/α,β-unsaturated/α-hetero) is 1. The fraction of sp³-hybridized carbons (Fsp3) is 0.333. The molecule has 1 fully saturated rings. The van der Waals surface area contributed by atoms with Crippen LogP contribution in [0.25, 0.3) is 11.3 Å². The third-order valence-electron chi connectivity index (χ3n) is 3.40. The molecule has 1 aliphatic carbocycles. The van der Waals surface area contributed by atoms with E-state index in [0.29, 0.717) is 24.7 Å². The van der Waals surface area contributed by atoms with Crippen molar-refractivity contribution in [3.8, 4) is 11.3 Å². The highest BCUT2D eigenvalue weighted by atomic mass is 32.1. The average Bonchev–Trinajstić information content (AvgIpc) is 3.20. The van der Waals surface area contributed by atoms with Gasteiger partial charge in [-0.05, 0) is 18.4 Å². The Morgan fingerprint density at radius 2 is 2.05 bits per heavy atom. The van der Waals surface area contributed by atoms with Gasteiger partial charge in [-0.15, -0.1) is 11.3 Å². The van der Waals surface area contributed by atoms with E-state index in [-0.39, 0.29) is 0 Å². The Labute approximate surface area is 116 Å². The van der Waals surface area contributed by atoms with Gasteiger partial charge in [-0.3, -0.25) is 4.79 Å². The van der Waals surface area contributed by atoms with Crippen LogP contribution in [-0.4, -0.2) is 10.8 Å². The van der Waals surface area contributed by atoms with Gasteiger partial charge < -0.3 is 5.73 Å². The van der Waals surface area contributed by atoms with Crippen LogP contribution >= 0.6 is 11.3 Å². The van der Waals surface area contributed by atoms with Gasteiger partial charge in [-0.2, -0.15) is 0 Å². The van der Waals surface area contributed by atoms with Crippen molar-refractivity contribution in [2.24, 2.45) is 11.7 Å². The summed E-state index contributed by atoms with van der Waals surface area (Å²) in [6, 6.07) is 8.10. The number of hydrogen-bond donors (Lipinski definition) is 1. The van der Waals surface area contributed by atoms with Gasteiger partial charge >= 0.3 is 0 Å². The highest BCUT2D eigenvalue weighted by molar-refractivity contribution is 7.10. The minimum absolute atomic E-state index is 0.316. The van der Waals surface area contributed by atoms with Crippen LogP contribution in [0.1, 0.15) is 23.4 Å². The first-order valence-electron chi connectivity index (χ1n) is 6.53. The molecule has 1 saturated carbocycles. The van der Waals surface area contributed by atoms with E-state index >= 15 is 0 Å². The van der Waals surface area contributed by atoms with E-state index in [4.69, 9.17) is 5.73 Å². The number of rotatable bonds is 5. The molecule has 0 amide bonds. The number of carbonyl (C=O) groups is 1. The molecule has 2 N–H and O–H groups in total. The van der Waals surface area contributed by atoms with Crippen LogP contribution < -0.4 is 5.73 Å². The molecule has 98 valence electrons. The molecule has 19 heavy (non-hydrogen) atoms. The summed E-state index contributed by atoms with van der Waals surface area (Å²) in [5, 5.41) is 2.95. The molecule has 0 saturated heterocycles. The molecule has 0 spiro atoms. The molecule has 2 aromatic rings. The second-order valence-electron chi connectivity index (χ2n) is 4.94. The van der Waals surface area contributed by atoms with Gasteiger partial charge in [0.2, 0.25) is 0 Å². The average molecular weight is 272 g/mol. The first-order valence-corrected chi connectivity index (χ1v) is 7.40. The van der Waals surface area contributed by atoms with Crippen LogP contribution in [0.2, 0.25) is 0 Å². The van der Waals surface area contributed by atoms with Crippen molar-refractivity contribution in [3.63, 3.8) is 0 Å². The van der Waals surface area contributed by atoms with Crippen LogP contribution in [0.5, 0.6) is 0 Å². The zero-order chi connectivity index (χ0) is 13.2. The lowest BCUT2D eigenvalue weighted by Crippen LogP contribution is -2.04. The summed E-state index contributed by atoms with van der Waals surface area (Å²) in [6.07, 6.45) is 2.63. The maximum Gasteiger partial charge on any atom is 0.142 e. The largest absolute Gasteiger partial charge is 0.326 e. The predicted molar refractivity (Wildman–Crippen MR) is 76.9 cm³/mol. The smallest absolute Gasteiger partial charge is 0.142 e. The molecule has 1 aromatic carbocycles. The molecule has 0 unspecified atom stereocenters. The number of benzene rings is 1. The first-order chi connectivity index (χ1) is 9.26. The van der Waals surface area contributed by atoms with E-state index in [9.17, 15) is 4.79 Å². The Morgan fingerprint density at radius 3 is 2.68 bits per heavy atom. The summed E-state index contributed by atoms with van der Waals surface area (Å²) in [5.41, 5.74) is 8.73. The zero-order valence-corrected chi connectivity index (χ0v) is 11.5. The molecule has 4 heteroatoms. The molecule has 3 rings (SSSR count). The number of aromatic nitrogens is 1. The van der Waals surface area contributed by atoms with Crippen molar-refractivity contribution in [1.29, 1.82) is 0 Å². The zero-order valence-electron chi connectivity index (χ0n) is 10.6. The van der Waals surface area contributed by atoms with Gasteiger partial charge in [0, 0.05) is 23.4 Å². The lowest BCUT2D eigenvalue weighted by molar-refractivity contribution is -0.119. The molecule has 0 bridgehead atoms. The number of ketones is 1. The van der Waals surface area contributed by atoms with Gasteiger partial charge in [0.25, 0.3) is 0 Å². The Balaban J connectivity index is 1.73. The van der Waals surface area contributed by atoms with Gasteiger partial charge in [0.05, 0.1) is 12.1 Å². The van der Waals surface area contributed by atoms with Crippen molar-refractivity contribution < 1.29 is 4.79 Å². The van der Waals surface area contributed by atoms with Crippen LogP contribution in [0.3, 0.4) is 0 Å². The summed E-state index contributed by atoms with van der Waals surface area (Å²) in [7, 11) is 0. The van der Waals surface area contributed by atoms with Crippen LogP contribution in [-0.2, 0) is 17.8 Å². The molecule has 1 aromatic heterocycles. The Morgan fingerprint density at radius 1 is 1.32 bits per heavy atom. The minimum atomic E-state index is 0.316. The fourth-order valence-corrected chi connectivity index (χ4v) is 2.85. The summed E-state index contributed by atoms with van der Waals surface area (Å²) < 4.78 is 0. The highest BCUT2D eigenvalue weighted by Gasteiger charge is 2.29. The lowest BCUT2D eigenvalue weighted by Gasteiger charge is -1.99. The van der Waals surface area contributed by atoms with Gasteiger partial charge in [0.1, 0.15) is 10.8 Å². The quantitative estimate of drug-likeness (QED) is 0.910. The maximum atomic E-state index is 11.8. The van der Waals surface area contributed by atoms with E-state index in [0.717, 1.165) is 34.7 Å². The number of thiazole rings is 1. The summed E-state index contributed by atoms with van der Waals surface area (Å²) in [4.78, 5) is 16.3. The normalized spacial score (nSPS) is 14.6. The topological polar surface area (TPSA) is 56.0 Å². The Bertz CT molecular complexity index is 584. The molecule has 3 nitrogen and oxygen atoms in total. The third kappa shape index (κ3) is 2.91. The molecule has 1 heterocycles. The van der Waals surface area contributed by atoms with E-state index in [2.05, 4.69) is 4.98 Å². The molecular formula is C15H16N2OS. The van der Waals surface area contributed by atoms with E-state index < -0.39 is 0 Å². The SMILES string of the molecule is NCc1ccc(-c2csc(CC(=O)C3CC3)n2)cc1. The minimum Gasteiger partial charge on any atom is -0.326 e. The summed E-state index contributed by atoms with van der Waals surface area (Å²) in [5.74, 6) is 0.663. The lowest BCUT2D eigenvalue weighted by atomic mass is 10.1. The molecule has 0 radical (unpaired) electrons. The third-order valence-corrected chi connectivity index (χ3v) is 4.24. The van der Waals surface area contributed by atoms with Crippen molar-refractivity contribution >= 4 is 17.1 Å². The standard InChI is InChI=1S/C15H16N2OS/c16-8-10-1-3-11(4-2-10)13-9-19-15(17-13)7-14(18)12-5-6-12/h1-4,9,12H,5-8,16H2. The molecule has 1 aliphatic rings. The van der Waals surface area contributed by atoms with Crippen LogP contribution in [0.4, 0.5) is 0 Å². The van der Waals surface area contributed by atoms with E-state index in [1.807, 2.05) is 29.6 Å².